The van der Waals surface area contributed by atoms with E-state index in [-0.39, 0.29) is 5.91 Å². The van der Waals surface area contributed by atoms with E-state index in [0.717, 1.165) is 28.9 Å². The molecular formula is C23H27N3O2. The summed E-state index contributed by atoms with van der Waals surface area (Å²) in [5.74, 6) is -0.103. The molecule has 0 bridgehead atoms. The van der Waals surface area contributed by atoms with Crippen molar-refractivity contribution in [3.05, 3.63) is 82.7 Å². The van der Waals surface area contributed by atoms with Gasteiger partial charge >= 0.3 is 0 Å². The maximum Gasteiger partial charge on any atom is 0.255 e. The molecule has 5 heteroatoms. The van der Waals surface area contributed by atoms with Crippen molar-refractivity contribution in [1.29, 1.82) is 0 Å². The third kappa shape index (κ3) is 4.67. The van der Waals surface area contributed by atoms with Crippen molar-refractivity contribution >= 4 is 5.91 Å². The number of carbonyl (C=O) groups is 1. The second-order valence-corrected chi connectivity index (χ2v) is 6.74. The fourth-order valence-corrected chi connectivity index (χ4v) is 3.06. The number of rotatable bonds is 8. The van der Waals surface area contributed by atoms with Crippen LogP contribution in [0.4, 0.5) is 0 Å². The van der Waals surface area contributed by atoms with Crippen LogP contribution in [0.5, 0.6) is 0 Å². The van der Waals surface area contributed by atoms with E-state index in [1.807, 2.05) is 67.1 Å². The van der Waals surface area contributed by atoms with Crippen molar-refractivity contribution in [2.45, 2.75) is 40.3 Å². The van der Waals surface area contributed by atoms with Crippen LogP contribution in [-0.2, 0) is 24.3 Å². The Morgan fingerprint density at radius 1 is 1.04 bits per heavy atom. The zero-order valence-electron chi connectivity index (χ0n) is 16.7. The van der Waals surface area contributed by atoms with E-state index in [1.165, 1.54) is 5.56 Å². The molecule has 0 saturated carbocycles. The van der Waals surface area contributed by atoms with Gasteiger partial charge < -0.3 is 10.1 Å². The van der Waals surface area contributed by atoms with E-state index in [0.29, 0.717) is 25.3 Å². The van der Waals surface area contributed by atoms with Gasteiger partial charge in [0.25, 0.3) is 5.91 Å². The zero-order valence-corrected chi connectivity index (χ0v) is 16.7. The van der Waals surface area contributed by atoms with Crippen LogP contribution in [0.3, 0.4) is 0 Å². The van der Waals surface area contributed by atoms with Crippen molar-refractivity contribution < 1.29 is 9.53 Å². The highest BCUT2D eigenvalue weighted by Crippen LogP contribution is 2.17. The summed E-state index contributed by atoms with van der Waals surface area (Å²) in [6.07, 6.45) is 2.38. The number of nitrogens with zero attached hydrogens (tertiary/aromatic N) is 2. The van der Waals surface area contributed by atoms with E-state index in [4.69, 9.17) is 4.74 Å². The third-order valence-corrected chi connectivity index (χ3v) is 4.68. The van der Waals surface area contributed by atoms with E-state index in [2.05, 4.69) is 17.3 Å². The van der Waals surface area contributed by atoms with Gasteiger partial charge in [-0.3, -0.25) is 4.79 Å². The maximum absolute atomic E-state index is 12.7. The summed E-state index contributed by atoms with van der Waals surface area (Å²) in [7, 11) is 0. The van der Waals surface area contributed by atoms with Crippen molar-refractivity contribution in [2.24, 2.45) is 0 Å². The van der Waals surface area contributed by atoms with Crippen LogP contribution in [-0.4, -0.2) is 22.3 Å². The number of carbonyl (C=O) groups excluding carboxylic acids is 1. The SMILES string of the molecule is CCOCc1ccc(CNC(=O)c2cnn(-c3ccc(C)cc3)c2CC)cc1. The Bertz CT molecular complexity index is 912. The first-order valence-corrected chi connectivity index (χ1v) is 9.70. The summed E-state index contributed by atoms with van der Waals surface area (Å²) in [6, 6.07) is 16.2. The molecular weight excluding hydrogens is 350 g/mol. The van der Waals surface area contributed by atoms with Gasteiger partial charge in [-0.15, -0.1) is 0 Å². The molecule has 5 nitrogen and oxygen atoms in total. The molecule has 2 aromatic carbocycles. The number of benzene rings is 2. The number of aromatic nitrogens is 2. The Kier molecular flexibility index (Phi) is 6.61. The van der Waals surface area contributed by atoms with Gasteiger partial charge in [0.05, 0.1) is 29.7 Å². The van der Waals surface area contributed by atoms with Gasteiger partial charge in [-0.1, -0.05) is 48.9 Å². The quantitative estimate of drug-likeness (QED) is 0.640. The van der Waals surface area contributed by atoms with Gasteiger partial charge in [-0.05, 0) is 43.5 Å². The molecule has 1 amide bonds. The van der Waals surface area contributed by atoms with E-state index < -0.39 is 0 Å². The summed E-state index contributed by atoms with van der Waals surface area (Å²) in [5.41, 5.74) is 5.87. The van der Waals surface area contributed by atoms with Gasteiger partial charge in [-0.25, -0.2) is 4.68 Å². The van der Waals surface area contributed by atoms with Crippen LogP contribution < -0.4 is 5.32 Å². The molecule has 28 heavy (non-hydrogen) atoms. The standard InChI is InChI=1S/C23H27N3O2/c1-4-22-21(15-25-26(22)20-12-6-17(3)7-13-20)23(27)24-14-18-8-10-19(11-9-18)16-28-5-2/h6-13,15H,4-5,14,16H2,1-3H3,(H,24,27). The highest BCUT2D eigenvalue weighted by Gasteiger charge is 2.17. The molecule has 0 atom stereocenters. The predicted octanol–water partition coefficient (Wildman–Crippen LogP) is 4.21. The molecule has 0 fully saturated rings. The van der Waals surface area contributed by atoms with E-state index in [9.17, 15) is 4.79 Å². The summed E-state index contributed by atoms with van der Waals surface area (Å²) in [5, 5.41) is 7.45. The first kappa shape index (κ1) is 19.8. The Morgan fingerprint density at radius 3 is 2.36 bits per heavy atom. The Morgan fingerprint density at radius 2 is 1.71 bits per heavy atom. The fraction of sp³-hybridized carbons (Fsp3) is 0.304. The van der Waals surface area contributed by atoms with Gasteiger partial charge in [0, 0.05) is 13.2 Å². The van der Waals surface area contributed by atoms with Gasteiger partial charge in [-0.2, -0.15) is 5.10 Å². The zero-order chi connectivity index (χ0) is 19.9. The van der Waals surface area contributed by atoms with Crippen molar-refractivity contribution in [1.82, 2.24) is 15.1 Å². The smallest absolute Gasteiger partial charge is 0.255 e. The minimum absolute atomic E-state index is 0.103. The Balaban J connectivity index is 1.68. The van der Waals surface area contributed by atoms with E-state index >= 15 is 0 Å². The largest absolute Gasteiger partial charge is 0.377 e. The number of hydrogen-bond donors (Lipinski definition) is 1. The molecule has 0 radical (unpaired) electrons. The minimum atomic E-state index is -0.103. The molecule has 1 aromatic heterocycles. The average Bonchev–Trinajstić information content (AvgIpc) is 3.16. The summed E-state index contributed by atoms with van der Waals surface area (Å²) >= 11 is 0. The van der Waals surface area contributed by atoms with Crippen LogP contribution in [0.25, 0.3) is 5.69 Å². The Labute approximate surface area is 166 Å². The number of hydrogen-bond acceptors (Lipinski definition) is 3. The molecule has 0 saturated heterocycles. The average molecular weight is 377 g/mol. The van der Waals surface area contributed by atoms with Crippen molar-refractivity contribution in [3.8, 4) is 5.69 Å². The molecule has 1 heterocycles. The predicted molar refractivity (Wildman–Crippen MR) is 111 cm³/mol. The van der Waals surface area contributed by atoms with Gasteiger partial charge in [0.1, 0.15) is 0 Å². The van der Waals surface area contributed by atoms with Crippen LogP contribution in [0, 0.1) is 6.92 Å². The van der Waals surface area contributed by atoms with Crippen LogP contribution in [0.1, 0.15) is 46.6 Å². The molecule has 3 aromatic rings. The minimum Gasteiger partial charge on any atom is -0.377 e. The maximum atomic E-state index is 12.7. The van der Waals surface area contributed by atoms with Gasteiger partial charge in [0.15, 0.2) is 0 Å². The van der Waals surface area contributed by atoms with Crippen LogP contribution >= 0.6 is 0 Å². The van der Waals surface area contributed by atoms with Gasteiger partial charge in [0.2, 0.25) is 0 Å². The number of aryl methyl sites for hydroxylation is 1. The first-order valence-electron chi connectivity index (χ1n) is 9.70. The summed E-state index contributed by atoms with van der Waals surface area (Å²) in [4.78, 5) is 12.7. The second-order valence-electron chi connectivity index (χ2n) is 6.74. The molecule has 1 N–H and O–H groups in total. The third-order valence-electron chi connectivity index (χ3n) is 4.68. The normalized spacial score (nSPS) is 10.8. The highest BCUT2D eigenvalue weighted by atomic mass is 16.5. The van der Waals surface area contributed by atoms with E-state index in [1.54, 1.807) is 6.20 Å². The molecule has 0 unspecified atom stereocenters. The number of amides is 1. The molecule has 0 aliphatic carbocycles. The highest BCUT2D eigenvalue weighted by molar-refractivity contribution is 5.95. The lowest BCUT2D eigenvalue weighted by atomic mass is 10.1. The van der Waals surface area contributed by atoms with Crippen LogP contribution in [0.15, 0.2) is 54.7 Å². The first-order chi connectivity index (χ1) is 13.6. The fourth-order valence-electron chi connectivity index (χ4n) is 3.06. The lowest BCUT2D eigenvalue weighted by Gasteiger charge is -2.09. The topological polar surface area (TPSA) is 56.1 Å². The molecule has 146 valence electrons. The van der Waals surface area contributed by atoms with Crippen molar-refractivity contribution in [2.75, 3.05) is 6.61 Å². The van der Waals surface area contributed by atoms with Crippen LogP contribution in [0.2, 0.25) is 0 Å². The Hall–Kier alpha value is -2.92. The van der Waals surface area contributed by atoms with Crippen molar-refractivity contribution in [3.63, 3.8) is 0 Å². The monoisotopic (exact) mass is 377 g/mol. The number of nitrogens with one attached hydrogen (secondary N) is 1. The second kappa shape index (κ2) is 9.33. The summed E-state index contributed by atoms with van der Waals surface area (Å²) < 4.78 is 7.25. The lowest BCUT2D eigenvalue weighted by Crippen LogP contribution is -2.23. The number of ether oxygens (including phenoxy) is 1. The molecule has 0 aliphatic heterocycles. The molecule has 0 spiro atoms. The molecule has 0 aliphatic rings. The summed E-state index contributed by atoms with van der Waals surface area (Å²) in [6.45, 7) is 7.86. The lowest BCUT2D eigenvalue weighted by molar-refractivity contribution is 0.0950. The molecule has 3 rings (SSSR count).